The topological polar surface area (TPSA) is 69.1 Å². The summed E-state index contributed by atoms with van der Waals surface area (Å²) in [5.74, 6) is 1.58. The van der Waals surface area contributed by atoms with E-state index >= 15 is 0 Å². The van der Waals surface area contributed by atoms with Crippen LogP contribution in [0.1, 0.15) is 41.7 Å². The van der Waals surface area contributed by atoms with Gasteiger partial charge in [0.2, 0.25) is 0 Å². The van der Waals surface area contributed by atoms with Crippen LogP contribution in [-0.4, -0.2) is 39.0 Å². The number of hydrogen-bond acceptors (Lipinski definition) is 4. The summed E-state index contributed by atoms with van der Waals surface area (Å²) in [4.78, 5) is 25.2. The van der Waals surface area contributed by atoms with E-state index in [1.54, 1.807) is 38.5 Å². The number of anilines is 1. The van der Waals surface area contributed by atoms with Gasteiger partial charge < -0.3 is 19.7 Å². The molecule has 6 heteroatoms. The van der Waals surface area contributed by atoms with Crippen molar-refractivity contribution in [2.45, 2.75) is 25.8 Å². The zero-order valence-corrected chi connectivity index (χ0v) is 16.6. The molecule has 2 atom stereocenters. The number of carbonyl (C=O) groups excluding carboxylic acids is 2. The average Bonchev–Trinajstić information content (AvgIpc) is 3.15. The van der Waals surface area contributed by atoms with Crippen LogP contribution < -0.4 is 19.7 Å². The molecule has 0 spiro atoms. The Bertz CT molecular complexity index is 848. The Morgan fingerprint density at radius 3 is 2.50 bits per heavy atom. The Morgan fingerprint density at radius 2 is 1.86 bits per heavy atom. The van der Waals surface area contributed by atoms with E-state index in [4.69, 9.17) is 9.47 Å². The molecule has 1 unspecified atom stereocenters. The minimum atomic E-state index is -0.0423. The fourth-order valence-corrected chi connectivity index (χ4v) is 3.81. The highest BCUT2D eigenvalue weighted by Gasteiger charge is 2.34. The second-order valence-electron chi connectivity index (χ2n) is 7.07. The van der Waals surface area contributed by atoms with E-state index < -0.39 is 0 Å². The van der Waals surface area contributed by atoms with E-state index in [9.17, 15) is 9.59 Å². The molecule has 2 aromatic carbocycles. The van der Waals surface area contributed by atoms with Crippen LogP contribution in [0.3, 0.4) is 0 Å². The van der Waals surface area contributed by atoms with Crippen molar-refractivity contribution < 1.29 is 24.0 Å². The molecule has 0 aliphatic carbocycles. The Morgan fingerprint density at radius 1 is 1.11 bits per heavy atom. The van der Waals surface area contributed by atoms with Crippen molar-refractivity contribution in [3.8, 4) is 11.5 Å². The lowest BCUT2D eigenvalue weighted by Crippen LogP contribution is -3.11. The predicted octanol–water partition coefficient (Wildman–Crippen LogP) is 2.26. The molecular weight excluding hydrogens is 356 g/mol. The number of carbonyl (C=O) groups is 2. The maximum absolute atomic E-state index is 12.6. The Hall–Kier alpha value is -2.86. The third-order valence-electron chi connectivity index (χ3n) is 5.26. The first-order valence-electron chi connectivity index (χ1n) is 9.49. The Kier molecular flexibility index (Phi) is 6.31. The fourth-order valence-electron chi connectivity index (χ4n) is 3.81. The maximum atomic E-state index is 12.6. The van der Waals surface area contributed by atoms with Gasteiger partial charge in [-0.2, -0.15) is 0 Å². The van der Waals surface area contributed by atoms with Gasteiger partial charge in [-0.1, -0.05) is 0 Å². The number of ether oxygens (including phenoxy) is 2. The number of amides is 1. The number of benzene rings is 2. The van der Waals surface area contributed by atoms with Crippen molar-refractivity contribution in [1.29, 1.82) is 0 Å². The summed E-state index contributed by atoms with van der Waals surface area (Å²) in [5.41, 5.74) is 2.41. The summed E-state index contributed by atoms with van der Waals surface area (Å²) in [5, 5.41) is 2.93. The molecule has 0 saturated carbocycles. The molecule has 1 aliphatic heterocycles. The molecule has 28 heavy (non-hydrogen) atoms. The van der Waals surface area contributed by atoms with Gasteiger partial charge in [0.05, 0.1) is 26.3 Å². The largest absolute Gasteiger partial charge is 0.497 e. The van der Waals surface area contributed by atoms with Crippen LogP contribution >= 0.6 is 0 Å². The van der Waals surface area contributed by atoms with Gasteiger partial charge >= 0.3 is 0 Å². The van der Waals surface area contributed by atoms with Crippen molar-refractivity contribution in [3.05, 3.63) is 53.6 Å². The molecule has 1 saturated heterocycles. The molecule has 1 aliphatic rings. The SMILES string of the molecule is COc1ccc(OC)c([C@H]2CCC[NH+]2CC(=O)Nc2ccc(C(C)=O)cc2)c1. The molecule has 2 aromatic rings. The van der Waals surface area contributed by atoms with E-state index in [0.717, 1.165) is 36.4 Å². The number of hydrogen-bond donors (Lipinski definition) is 2. The minimum absolute atomic E-state index is 0.00876. The second-order valence-corrected chi connectivity index (χ2v) is 7.07. The summed E-state index contributed by atoms with van der Waals surface area (Å²) < 4.78 is 10.9. The zero-order valence-electron chi connectivity index (χ0n) is 16.6. The molecule has 1 amide bonds. The molecule has 0 bridgehead atoms. The standard InChI is InChI=1S/C22H26N2O4/c1-15(25)16-6-8-17(9-7-16)23-22(26)14-24-12-4-5-20(24)19-13-18(27-2)10-11-21(19)28-3/h6-11,13,20H,4-5,12,14H2,1-3H3,(H,23,26)/p+1/t20-/m1/s1. The van der Waals surface area contributed by atoms with Crippen LogP contribution in [0.15, 0.2) is 42.5 Å². The lowest BCUT2D eigenvalue weighted by Gasteiger charge is -2.23. The number of methoxy groups -OCH3 is 2. The van der Waals surface area contributed by atoms with Crippen molar-refractivity contribution in [3.63, 3.8) is 0 Å². The predicted molar refractivity (Wildman–Crippen MR) is 107 cm³/mol. The fraction of sp³-hybridized carbons (Fsp3) is 0.364. The summed E-state index contributed by atoms with van der Waals surface area (Å²) in [7, 11) is 3.31. The van der Waals surface area contributed by atoms with Gasteiger partial charge in [0.1, 0.15) is 17.5 Å². The van der Waals surface area contributed by atoms with Crippen molar-refractivity contribution in [1.82, 2.24) is 0 Å². The molecule has 2 N–H and O–H groups in total. The van der Waals surface area contributed by atoms with Crippen molar-refractivity contribution >= 4 is 17.4 Å². The maximum Gasteiger partial charge on any atom is 0.279 e. The van der Waals surface area contributed by atoms with Crippen LogP contribution in [-0.2, 0) is 4.79 Å². The summed E-state index contributed by atoms with van der Waals surface area (Å²) >= 11 is 0. The van der Waals surface area contributed by atoms with Gasteiger partial charge in [-0.15, -0.1) is 0 Å². The van der Waals surface area contributed by atoms with Crippen molar-refractivity contribution in [2.75, 3.05) is 32.6 Å². The summed E-state index contributed by atoms with van der Waals surface area (Å²) in [6.07, 6.45) is 2.06. The minimum Gasteiger partial charge on any atom is -0.497 e. The van der Waals surface area contributed by atoms with Crippen LogP contribution in [0, 0.1) is 0 Å². The molecule has 0 radical (unpaired) electrons. The van der Waals surface area contributed by atoms with E-state index in [1.165, 1.54) is 11.8 Å². The van der Waals surface area contributed by atoms with Crippen molar-refractivity contribution in [2.24, 2.45) is 0 Å². The zero-order chi connectivity index (χ0) is 20.1. The van der Waals surface area contributed by atoms with Crippen LogP contribution in [0.25, 0.3) is 0 Å². The number of likely N-dealkylation sites (tertiary alicyclic amines) is 1. The first kappa shape index (κ1) is 19.9. The van der Waals surface area contributed by atoms with E-state index in [-0.39, 0.29) is 17.7 Å². The van der Waals surface area contributed by atoms with E-state index in [1.807, 2.05) is 18.2 Å². The Labute approximate surface area is 165 Å². The molecule has 1 fully saturated rings. The van der Waals surface area contributed by atoms with Gasteiger partial charge in [0, 0.05) is 24.1 Å². The lowest BCUT2D eigenvalue weighted by atomic mass is 10.0. The molecule has 148 valence electrons. The number of quaternary nitrogens is 1. The van der Waals surface area contributed by atoms with E-state index in [0.29, 0.717) is 17.8 Å². The van der Waals surface area contributed by atoms with E-state index in [2.05, 4.69) is 5.32 Å². The lowest BCUT2D eigenvalue weighted by molar-refractivity contribution is -0.910. The monoisotopic (exact) mass is 383 g/mol. The van der Waals surface area contributed by atoms with Crippen LogP contribution in [0.2, 0.25) is 0 Å². The highest BCUT2D eigenvalue weighted by Crippen LogP contribution is 2.31. The molecule has 0 aromatic heterocycles. The second kappa shape index (κ2) is 8.89. The first-order valence-corrected chi connectivity index (χ1v) is 9.49. The van der Waals surface area contributed by atoms with Crippen LogP contribution in [0.4, 0.5) is 5.69 Å². The number of nitrogens with one attached hydrogen (secondary N) is 2. The molecule has 6 nitrogen and oxygen atoms in total. The number of ketones is 1. The summed E-state index contributed by atoms with van der Waals surface area (Å²) in [6, 6.07) is 13.0. The Balaban J connectivity index is 1.69. The highest BCUT2D eigenvalue weighted by molar-refractivity contribution is 5.95. The highest BCUT2D eigenvalue weighted by atomic mass is 16.5. The summed E-state index contributed by atoms with van der Waals surface area (Å²) in [6.45, 7) is 2.83. The van der Waals surface area contributed by atoms with Gasteiger partial charge in [-0.05, 0) is 49.4 Å². The third kappa shape index (κ3) is 4.51. The molecular formula is C22H27N2O4+. The van der Waals surface area contributed by atoms with Gasteiger partial charge in [-0.25, -0.2) is 0 Å². The van der Waals surface area contributed by atoms with Gasteiger partial charge in [-0.3, -0.25) is 9.59 Å². The number of Topliss-reactive ketones (excluding diaryl/α,β-unsaturated/α-hetero) is 1. The first-order chi connectivity index (χ1) is 13.5. The average molecular weight is 383 g/mol. The molecule has 3 rings (SSSR count). The third-order valence-corrected chi connectivity index (χ3v) is 5.26. The quantitative estimate of drug-likeness (QED) is 0.720. The van der Waals surface area contributed by atoms with Crippen LogP contribution in [0.5, 0.6) is 11.5 Å². The van der Waals surface area contributed by atoms with Gasteiger partial charge in [0.15, 0.2) is 12.3 Å². The van der Waals surface area contributed by atoms with Gasteiger partial charge in [0.25, 0.3) is 5.91 Å². The normalized spacial score (nSPS) is 18.5. The molecule has 1 heterocycles. The number of rotatable bonds is 7. The smallest absolute Gasteiger partial charge is 0.279 e.